The van der Waals surface area contributed by atoms with E-state index in [4.69, 9.17) is 4.98 Å². The normalized spacial score (nSPS) is 16.2. The van der Waals surface area contributed by atoms with Crippen LogP contribution in [0.4, 0.5) is 0 Å². The van der Waals surface area contributed by atoms with E-state index >= 15 is 0 Å². The third-order valence-corrected chi connectivity index (χ3v) is 5.99. The smallest absolute Gasteiger partial charge is 0.223 e. The molecule has 2 N–H and O–H groups in total. The van der Waals surface area contributed by atoms with Gasteiger partial charge in [0.2, 0.25) is 5.91 Å². The number of benzene rings is 1. The van der Waals surface area contributed by atoms with Crippen LogP contribution in [0.5, 0.6) is 0 Å². The van der Waals surface area contributed by atoms with Gasteiger partial charge in [-0.3, -0.25) is 9.79 Å². The summed E-state index contributed by atoms with van der Waals surface area (Å²) in [6, 6.07) is 14.4. The van der Waals surface area contributed by atoms with E-state index in [2.05, 4.69) is 51.3 Å². The number of aliphatic imine (C=N–C) groups is 1. The lowest BCUT2D eigenvalue weighted by atomic mass is 10.1. The third kappa shape index (κ3) is 6.69. The van der Waals surface area contributed by atoms with E-state index in [1.807, 2.05) is 35.4 Å². The van der Waals surface area contributed by atoms with Gasteiger partial charge in [0.05, 0.1) is 5.69 Å². The van der Waals surface area contributed by atoms with E-state index in [9.17, 15) is 4.79 Å². The Kier molecular flexibility index (Phi) is 9.11. The highest BCUT2D eigenvalue weighted by Gasteiger charge is 2.29. The first-order valence-corrected chi connectivity index (χ1v) is 11.3. The summed E-state index contributed by atoms with van der Waals surface area (Å²) >= 11 is 0. The zero-order chi connectivity index (χ0) is 22.3. The van der Waals surface area contributed by atoms with Crippen LogP contribution in [0.1, 0.15) is 23.2 Å². The Bertz CT molecular complexity index is 1080. The summed E-state index contributed by atoms with van der Waals surface area (Å²) in [6.07, 6.45) is 6.42. The van der Waals surface area contributed by atoms with Gasteiger partial charge in [-0.15, -0.1) is 24.0 Å². The molecule has 3 heterocycles. The van der Waals surface area contributed by atoms with Gasteiger partial charge in [0.1, 0.15) is 5.65 Å². The first kappa shape index (κ1) is 25.0. The summed E-state index contributed by atoms with van der Waals surface area (Å²) < 4.78 is 2.07. The number of likely N-dealkylation sites (tertiary alicyclic amines) is 1. The predicted octanol–water partition coefficient (Wildman–Crippen LogP) is 3.06. The van der Waals surface area contributed by atoms with Crippen LogP contribution in [0.3, 0.4) is 0 Å². The summed E-state index contributed by atoms with van der Waals surface area (Å²) in [4.78, 5) is 23.4. The van der Waals surface area contributed by atoms with Crippen LogP contribution in [0, 0.1) is 12.8 Å². The molecule has 0 bridgehead atoms. The molecule has 1 aromatic carbocycles. The molecule has 1 fully saturated rings. The molecule has 0 saturated carbocycles. The first-order chi connectivity index (χ1) is 15.6. The van der Waals surface area contributed by atoms with Gasteiger partial charge in [0, 0.05) is 64.4 Å². The van der Waals surface area contributed by atoms with Gasteiger partial charge in [-0.25, -0.2) is 4.98 Å². The monoisotopic (exact) mass is 560 g/mol. The minimum absolute atomic E-state index is 0. The van der Waals surface area contributed by atoms with E-state index < -0.39 is 0 Å². The van der Waals surface area contributed by atoms with Crippen molar-refractivity contribution in [3.63, 3.8) is 0 Å². The van der Waals surface area contributed by atoms with Crippen molar-refractivity contribution < 1.29 is 4.79 Å². The van der Waals surface area contributed by atoms with Gasteiger partial charge in [-0.1, -0.05) is 36.4 Å². The average Bonchev–Trinajstić information content (AvgIpc) is 3.39. The fourth-order valence-corrected chi connectivity index (χ4v) is 4.21. The molecule has 1 aliphatic heterocycles. The second-order valence-corrected chi connectivity index (χ2v) is 8.43. The number of pyridine rings is 1. The van der Waals surface area contributed by atoms with Crippen molar-refractivity contribution >= 4 is 41.5 Å². The lowest BCUT2D eigenvalue weighted by Crippen LogP contribution is -2.41. The fraction of sp³-hybridized carbons (Fsp3) is 0.400. The van der Waals surface area contributed by atoms with Crippen LogP contribution in [0.2, 0.25) is 0 Å². The van der Waals surface area contributed by atoms with Crippen molar-refractivity contribution in [2.45, 2.75) is 26.2 Å². The molecule has 0 spiro atoms. The molecular weight excluding hydrogens is 527 g/mol. The number of carbonyl (C=O) groups excluding carboxylic acids is 1. The molecule has 1 atom stereocenters. The SMILES string of the molecule is CN=C(NCCc1cn2cccc(C)c2n1)NCC1CC(=O)N(CCc2ccccc2)C1.I. The Morgan fingerprint density at radius 1 is 1.15 bits per heavy atom. The zero-order valence-corrected chi connectivity index (χ0v) is 21.7. The quantitative estimate of drug-likeness (QED) is 0.253. The molecule has 7 nitrogen and oxygen atoms in total. The molecule has 33 heavy (non-hydrogen) atoms. The van der Waals surface area contributed by atoms with E-state index in [1.165, 1.54) is 11.1 Å². The summed E-state index contributed by atoms with van der Waals surface area (Å²) in [5.74, 6) is 1.32. The molecule has 176 valence electrons. The largest absolute Gasteiger partial charge is 0.356 e. The summed E-state index contributed by atoms with van der Waals surface area (Å²) in [7, 11) is 1.77. The number of amides is 1. The van der Waals surface area contributed by atoms with Crippen LogP contribution in [-0.4, -0.2) is 59.4 Å². The van der Waals surface area contributed by atoms with Gasteiger partial charge in [-0.05, 0) is 30.5 Å². The van der Waals surface area contributed by atoms with Crippen molar-refractivity contribution in [1.82, 2.24) is 24.9 Å². The second kappa shape index (κ2) is 12.0. The number of halogens is 1. The number of carbonyl (C=O) groups is 1. The molecule has 0 radical (unpaired) electrons. The number of aromatic nitrogens is 2. The maximum atomic E-state index is 12.4. The highest BCUT2D eigenvalue weighted by Crippen LogP contribution is 2.17. The van der Waals surface area contributed by atoms with Crippen molar-refractivity contribution in [2.24, 2.45) is 10.9 Å². The number of aryl methyl sites for hydroxylation is 1. The van der Waals surface area contributed by atoms with Gasteiger partial charge < -0.3 is 19.9 Å². The predicted molar refractivity (Wildman–Crippen MR) is 143 cm³/mol. The lowest BCUT2D eigenvalue weighted by molar-refractivity contribution is -0.127. The molecule has 1 saturated heterocycles. The molecule has 8 heteroatoms. The van der Waals surface area contributed by atoms with Gasteiger partial charge in [0.15, 0.2) is 5.96 Å². The maximum Gasteiger partial charge on any atom is 0.223 e. The van der Waals surface area contributed by atoms with Crippen LogP contribution in [-0.2, 0) is 17.6 Å². The summed E-state index contributed by atoms with van der Waals surface area (Å²) in [5.41, 5.74) is 4.51. The van der Waals surface area contributed by atoms with Crippen LogP contribution >= 0.6 is 24.0 Å². The standard InChI is InChI=1S/C25H32N6O.HI/c1-19-7-6-13-31-18-22(29-24(19)31)10-12-27-25(26-2)28-16-21-15-23(32)30(17-21)14-11-20-8-4-3-5-9-20;/h3-9,13,18,21H,10-12,14-17H2,1-2H3,(H2,26,27,28);1H. The number of hydrogen-bond donors (Lipinski definition) is 2. The minimum atomic E-state index is 0. The number of nitrogens with one attached hydrogen (secondary N) is 2. The number of imidazole rings is 1. The topological polar surface area (TPSA) is 74.0 Å². The van der Waals surface area contributed by atoms with E-state index in [1.54, 1.807) is 7.05 Å². The number of nitrogens with zero attached hydrogens (tertiary/aromatic N) is 4. The molecule has 3 aromatic rings. The Balaban J connectivity index is 0.00000306. The molecule has 2 aromatic heterocycles. The maximum absolute atomic E-state index is 12.4. The lowest BCUT2D eigenvalue weighted by Gasteiger charge is -2.18. The van der Waals surface area contributed by atoms with E-state index in [0.29, 0.717) is 12.3 Å². The van der Waals surface area contributed by atoms with Crippen LogP contribution < -0.4 is 10.6 Å². The highest BCUT2D eigenvalue weighted by molar-refractivity contribution is 14.0. The Morgan fingerprint density at radius 3 is 2.73 bits per heavy atom. The Morgan fingerprint density at radius 2 is 1.97 bits per heavy atom. The molecule has 1 aliphatic rings. The highest BCUT2D eigenvalue weighted by atomic mass is 127. The fourth-order valence-electron chi connectivity index (χ4n) is 4.21. The molecular formula is C25H33IN6O. The summed E-state index contributed by atoms with van der Waals surface area (Å²) in [5, 5.41) is 6.74. The van der Waals surface area contributed by atoms with Crippen LogP contribution in [0.25, 0.3) is 5.65 Å². The molecule has 1 unspecified atom stereocenters. The number of hydrogen-bond acceptors (Lipinski definition) is 3. The number of fused-ring (bicyclic) bond motifs is 1. The second-order valence-electron chi connectivity index (χ2n) is 8.43. The molecule has 0 aliphatic carbocycles. The Hall–Kier alpha value is -2.62. The van der Waals surface area contributed by atoms with Crippen molar-refractivity contribution in [1.29, 1.82) is 0 Å². The zero-order valence-electron chi connectivity index (χ0n) is 19.3. The van der Waals surface area contributed by atoms with Crippen molar-refractivity contribution in [3.8, 4) is 0 Å². The van der Waals surface area contributed by atoms with Gasteiger partial charge in [-0.2, -0.15) is 0 Å². The van der Waals surface area contributed by atoms with E-state index in [-0.39, 0.29) is 29.9 Å². The van der Waals surface area contributed by atoms with Crippen molar-refractivity contribution in [2.75, 3.05) is 33.2 Å². The first-order valence-electron chi connectivity index (χ1n) is 11.3. The Labute approximate surface area is 212 Å². The molecule has 4 rings (SSSR count). The van der Waals surface area contributed by atoms with E-state index in [0.717, 1.165) is 56.3 Å². The third-order valence-electron chi connectivity index (χ3n) is 5.99. The van der Waals surface area contributed by atoms with Crippen molar-refractivity contribution in [3.05, 3.63) is 71.7 Å². The average molecular weight is 560 g/mol. The number of rotatable bonds is 8. The van der Waals surface area contributed by atoms with Gasteiger partial charge >= 0.3 is 0 Å². The summed E-state index contributed by atoms with van der Waals surface area (Å²) in [6.45, 7) is 5.14. The minimum Gasteiger partial charge on any atom is -0.356 e. The molecule has 1 amide bonds. The van der Waals surface area contributed by atoms with Gasteiger partial charge in [0.25, 0.3) is 0 Å². The number of guanidine groups is 1. The van der Waals surface area contributed by atoms with Crippen LogP contribution in [0.15, 0.2) is 59.9 Å².